The Bertz CT molecular complexity index is 2170. The van der Waals surface area contributed by atoms with Crippen LogP contribution in [0.5, 0.6) is 23.0 Å². The average Bonchev–Trinajstić information content (AvgIpc) is 3.19. The molecule has 0 bridgehead atoms. The second-order valence-corrected chi connectivity index (χ2v) is 14.3. The topological polar surface area (TPSA) is 132 Å². The van der Waals surface area contributed by atoms with E-state index in [2.05, 4.69) is 0 Å². The lowest BCUT2D eigenvalue weighted by molar-refractivity contribution is 0.176. The van der Waals surface area contributed by atoms with E-state index >= 15 is 0 Å². The van der Waals surface area contributed by atoms with Crippen LogP contribution in [0.15, 0.2) is 146 Å². The zero-order valence-corrected chi connectivity index (χ0v) is 28.2. The van der Waals surface area contributed by atoms with Crippen LogP contribution in [-0.4, -0.2) is 8.56 Å². The van der Waals surface area contributed by atoms with Crippen molar-refractivity contribution in [3.63, 3.8) is 0 Å². The highest BCUT2D eigenvalue weighted by Gasteiger charge is 2.43. The Kier molecular flexibility index (Phi) is 10.6. The summed E-state index contributed by atoms with van der Waals surface area (Å²) in [5.41, 5.74) is 2.76. The fourth-order valence-corrected chi connectivity index (χ4v) is 8.54. The molecule has 0 aliphatic carbocycles. The Morgan fingerprint density at radius 2 is 0.784 bits per heavy atom. The maximum atomic E-state index is 9.44. The summed E-state index contributed by atoms with van der Waals surface area (Å²) in [6.45, 7) is 0.431. The molecule has 244 valence electrons. The van der Waals surface area contributed by atoms with Gasteiger partial charge in [-0.05, 0) is 82.2 Å². The van der Waals surface area contributed by atoms with Crippen LogP contribution in [0, 0.1) is 45.3 Å². The molecule has 0 aromatic heterocycles. The Morgan fingerprint density at radius 1 is 0.392 bits per heavy atom. The van der Waals surface area contributed by atoms with Gasteiger partial charge in [0.1, 0.15) is 47.3 Å². The molecule has 0 amide bonds. The van der Waals surface area contributed by atoms with Crippen LogP contribution in [-0.2, 0) is 22.1 Å². The van der Waals surface area contributed by atoms with Gasteiger partial charge in [0.25, 0.3) is 0 Å². The maximum Gasteiger partial charge on any atom is 0.407 e. The number of nitriles is 4. The van der Waals surface area contributed by atoms with E-state index in [1.165, 1.54) is 0 Å². The number of ether oxygens (including phenoxy) is 2. The first kappa shape index (κ1) is 33.9. The molecule has 6 rings (SSSR count). The van der Waals surface area contributed by atoms with Crippen LogP contribution in [0.4, 0.5) is 0 Å². The molecular weight excluding hydrogens is 653 g/mol. The summed E-state index contributed by atoms with van der Waals surface area (Å²) in [7, 11) is -3.36. The highest BCUT2D eigenvalue weighted by molar-refractivity contribution is 6.92. The molecule has 0 aliphatic rings. The number of benzene rings is 6. The fourth-order valence-electron chi connectivity index (χ4n) is 5.45. The molecule has 6 aromatic rings. The lowest BCUT2D eigenvalue weighted by Crippen LogP contribution is -2.63. The van der Waals surface area contributed by atoms with Crippen LogP contribution in [0.25, 0.3) is 0 Å². The maximum absolute atomic E-state index is 9.44. The van der Waals surface area contributed by atoms with Crippen molar-refractivity contribution < 1.29 is 18.3 Å². The number of rotatable bonds is 12. The average molecular weight is 681 g/mol. The fraction of sp³-hybridized carbons (Fsp3) is 0.0476. The molecule has 0 N–H and O–H groups in total. The molecule has 0 unspecified atom stereocenters. The normalized spacial score (nSPS) is 10.6. The van der Waals surface area contributed by atoms with E-state index < -0.39 is 8.56 Å². The summed E-state index contributed by atoms with van der Waals surface area (Å²) < 4.78 is 26.0. The van der Waals surface area contributed by atoms with E-state index in [0.29, 0.717) is 23.0 Å². The van der Waals surface area contributed by atoms with E-state index in [4.69, 9.17) is 18.3 Å². The predicted octanol–water partition coefficient (Wildman–Crippen LogP) is 7.75. The van der Waals surface area contributed by atoms with Crippen molar-refractivity contribution in [1.82, 2.24) is 0 Å². The molecule has 0 spiro atoms. The van der Waals surface area contributed by atoms with Gasteiger partial charge in [0.05, 0.1) is 35.5 Å². The smallest absolute Gasteiger partial charge is 0.407 e. The standard InChI is InChI=1S/C42H28N4O4Si/c43-25-33-17-19-39(23-35(33)27-45)49-37-11-7-9-31(21-37)29-47-51(41-13-3-1-4-14-41,42-15-5-2-6-16-42)48-30-32-10-8-12-38(22-32)50-40-20-18-34(26-44)36(24-40)28-46/h1-24H,29-30H2. The third-order valence-corrected chi connectivity index (χ3v) is 11.2. The Balaban J connectivity index is 1.27. The molecule has 0 saturated carbocycles. The van der Waals surface area contributed by atoms with Gasteiger partial charge in [0.15, 0.2) is 0 Å². The van der Waals surface area contributed by atoms with Gasteiger partial charge < -0.3 is 18.3 Å². The van der Waals surface area contributed by atoms with Crippen molar-refractivity contribution in [1.29, 1.82) is 21.0 Å². The summed E-state index contributed by atoms with van der Waals surface area (Å²) in [6.07, 6.45) is 0. The molecular formula is C42H28N4O4Si. The van der Waals surface area contributed by atoms with Crippen LogP contribution in [0.3, 0.4) is 0 Å². The molecule has 0 radical (unpaired) electrons. The third kappa shape index (κ3) is 8.02. The lowest BCUT2D eigenvalue weighted by atomic mass is 10.1. The van der Waals surface area contributed by atoms with Gasteiger partial charge in [-0.3, -0.25) is 0 Å². The van der Waals surface area contributed by atoms with Gasteiger partial charge in [0.2, 0.25) is 0 Å². The molecule has 9 heteroatoms. The first-order chi connectivity index (χ1) is 25.0. The first-order valence-corrected chi connectivity index (χ1v) is 17.7. The quantitative estimate of drug-likeness (QED) is 0.120. The van der Waals surface area contributed by atoms with Crippen LogP contribution < -0.4 is 19.8 Å². The van der Waals surface area contributed by atoms with Crippen LogP contribution in [0.2, 0.25) is 0 Å². The van der Waals surface area contributed by atoms with Crippen LogP contribution >= 0.6 is 0 Å². The van der Waals surface area contributed by atoms with Crippen molar-refractivity contribution in [2.45, 2.75) is 13.2 Å². The monoisotopic (exact) mass is 680 g/mol. The first-order valence-electron chi connectivity index (χ1n) is 15.8. The molecule has 0 fully saturated rings. The molecule has 0 saturated heterocycles. The van der Waals surface area contributed by atoms with Gasteiger partial charge in [-0.1, -0.05) is 84.9 Å². The third-order valence-electron chi connectivity index (χ3n) is 7.92. The minimum Gasteiger partial charge on any atom is -0.457 e. The number of hydrogen-bond acceptors (Lipinski definition) is 8. The summed E-state index contributed by atoms with van der Waals surface area (Å²) >= 11 is 0. The highest BCUT2D eigenvalue weighted by atomic mass is 28.4. The Hall–Kier alpha value is -6.98. The zero-order chi connectivity index (χ0) is 35.5. The van der Waals surface area contributed by atoms with E-state index in [9.17, 15) is 21.0 Å². The molecule has 6 aromatic carbocycles. The Morgan fingerprint density at radius 3 is 1.18 bits per heavy atom. The molecule has 0 heterocycles. The Labute approximate surface area is 297 Å². The summed E-state index contributed by atoms with van der Waals surface area (Å²) in [5.74, 6) is 2.00. The molecule has 0 atom stereocenters. The van der Waals surface area contributed by atoms with Crippen LogP contribution in [0.1, 0.15) is 33.4 Å². The van der Waals surface area contributed by atoms with Gasteiger partial charge in [-0.2, -0.15) is 21.0 Å². The minimum absolute atomic E-state index is 0.215. The zero-order valence-electron chi connectivity index (χ0n) is 27.2. The second kappa shape index (κ2) is 15.9. The van der Waals surface area contributed by atoms with E-state index in [-0.39, 0.29) is 35.5 Å². The van der Waals surface area contributed by atoms with Crippen molar-refractivity contribution in [2.24, 2.45) is 0 Å². The van der Waals surface area contributed by atoms with E-state index in [1.54, 1.807) is 36.4 Å². The molecule has 0 aliphatic heterocycles. The largest absolute Gasteiger partial charge is 0.457 e. The second-order valence-electron chi connectivity index (χ2n) is 11.3. The van der Waals surface area contributed by atoms with Gasteiger partial charge >= 0.3 is 8.56 Å². The van der Waals surface area contributed by atoms with Gasteiger partial charge in [-0.15, -0.1) is 0 Å². The van der Waals surface area contributed by atoms with Crippen molar-refractivity contribution >= 4 is 18.9 Å². The SMILES string of the molecule is N#Cc1ccc(Oc2cccc(CO[Si](OCc3cccc(Oc4ccc(C#N)c(C#N)c4)c3)(c3ccccc3)c3ccccc3)c2)cc1C#N. The van der Waals surface area contributed by atoms with Gasteiger partial charge in [0, 0.05) is 0 Å². The number of nitrogens with zero attached hydrogens (tertiary/aromatic N) is 4. The molecule has 8 nitrogen and oxygen atoms in total. The number of hydrogen-bond donors (Lipinski definition) is 0. The van der Waals surface area contributed by atoms with Crippen molar-refractivity contribution in [2.75, 3.05) is 0 Å². The van der Waals surface area contributed by atoms with Crippen molar-refractivity contribution in [3.05, 3.63) is 179 Å². The predicted molar refractivity (Wildman–Crippen MR) is 192 cm³/mol. The molecule has 51 heavy (non-hydrogen) atoms. The lowest BCUT2D eigenvalue weighted by Gasteiger charge is -2.32. The summed E-state index contributed by atoms with van der Waals surface area (Å²) in [5, 5.41) is 39.3. The summed E-state index contributed by atoms with van der Waals surface area (Å²) in [6, 6.07) is 52.6. The highest BCUT2D eigenvalue weighted by Crippen LogP contribution is 2.27. The van der Waals surface area contributed by atoms with E-state index in [1.807, 2.05) is 133 Å². The minimum atomic E-state index is -3.36. The van der Waals surface area contributed by atoms with Crippen molar-refractivity contribution in [3.8, 4) is 47.3 Å². The van der Waals surface area contributed by atoms with E-state index in [0.717, 1.165) is 21.5 Å². The van der Waals surface area contributed by atoms with Gasteiger partial charge in [-0.25, -0.2) is 0 Å². The summed E-state index contributed by atoms with van der Waals surface area (Å²) in [4.78, 5) is 0.